The molecule has 5 amide bonds. The molecule has 125 heavy (non-hydrogen) atoms. The fraction of sp³-hybridized carbons (Fsp3) is 0.446. The zero-order valence-corrected chi connectivity index (χ0v) is 65.5. The van der Waals surface area contributed by atoms with Crippen LogP contribution in [0.25, 0.3) is 28.2 Å². The maximum absolute atomic E-state index is 13.3. The fourth-order valence-electron chi connectivity index (χ4n) is 14.0. The summed E-state index contributed by atoms with van der Waals surface area (Å²) >= 11 is 5.73. The van der Waals surface area contributed by atoms with Crippen LogP contribution >= 0.6 is 11.6 Å². The molecule has 0 spiro atoms. The van der Waals surface area contributed by atoms with Gasteiger partial charge in [-0.15, -0.1) is 0 Å². The monoisotopic (exact) mass is 1830 g/mol. The summed E-state index contributed by atoms with van der Waals surface area (Å²) in [5, 5.41) is 19.1. The predicted octanol–water partition coefficient (Wildman–Crippen LogP) is 16.5. The SMILES string of the molecule is CC(C)C.O=C1CC(C=C(F)F)CN1Cc1c(C(F)(F)F)nc2ccc(Cl)nn12.O=C1CC(C=C(F)F)CN1Cc1c(C(F)(F)F)nc2cccnn12.O=C1CC(C=C(F)F)CN1Cc1c(C(F)(F)F)nc2cccnn12.O=C1CC(CC(F)F)CN1Cc1c(C(F)(F)F)nc2cccnn12.O=C1CC(CC(F)F)CN1Cc1c(C(F)(F)F)nc2cccnn12. The average molecular weight is 1830 g/mol. The van der Waals surface area contributed by atoms with Gasteiger partial charge in [0.15, 0.2) is 56.7 Å². The molecule has 0 N–H and O–H groups in total. The third-order valence-corrected chi connectivity index (χ3v) is 19.2. The summed E-state index contributed by atoms with van der Waals surface area (Å²) in [4.78, 5) is 82.9. The van der Waals surface area contributed by atoms with E-state index in [9.17, 15) is 134 Å². The highest BCUT2D eigenvalue weighted by Gasteiger charge is 2.46. The number of aromatic nitrogens is 15. The largest absolute Gasteiger partial charge is 0.435 e. The van der Waals surface area contributed by atoms with Gasteiger partial charge in [0.2, 0.25) is 42.4 Å². The van der Waals surface area contributed by atoms with Crippen molar-refractivity contribution in [1.29, 1.82) is 0 Å². The molecule has 5 saturated heterocycles. The molecule has 10 aromatic rings. The number of rotatable bonds is 17. The number of amides is 5. The third-order valence-electron chi connectivity index (χ3n) is 19.0. The van der Waals surface area contributed by atoms with Crippen molar-refractivity contribution in [2.75, 3.05) is 32.7 Å². The Morgan fingerprint density at radius 3 is 0.816 bits per heavy atom. The number of carbonyl (C=O) groups excluding carboxylic acids is 5. The van der Waals surface area contributed by atoms with E-state index in [0.29, 0.717) is 18.2 Å². The summed E-state index contributed by atoms with van der Waals surface area (Å²) < 4.78 is 327. The Hall–Kier alpha value is -11.8. The van der Waals surface area contributed by atoms with Crippen molar-refractivity contribution < 1.29 is 134 Å². The summed E-state index contributed by atoms with van der Waals surface area (Å²) in [5.74, 6) is -4.85. The highest BCUT2D eigenvalue weighted by atomic mass is 35.5. The minimum Gasteiger partial charge on any atom is -0.336 e. The van der Waals surface area contributed by atoms with Crippen LogP contribution in [0.5, 0.6) is 0 Å². The van der Waals surface area contributed by atoms with Gasteiger partial charge in [-0.1, -0.05) is 32.4 Å². The van der Waals surface area contributed by atoms with Crippen molar-refractivity contribution in [3.05, 3.63) is 184 Å². The first-order valence-corrected chi connectivity index (χ1v) is 37.5. The molecule has 5 unspecified atom stereocenters. The smallest absolute Gasteiger partial charge is 0.336 e. The number of hydrogen-bond donors (Lipinski definition) is 0. The second-order valence-electron chi connectivity index (χ2n) is 29.4. The minimum absolute atomic E-state index is 0.000533. The van der Waals surface area contributed by atoms with Gasteiger partial charge in [-0.3, -0.25) is 24.0 Å². The molecule has 15 rings (SSSR count). The molecule has 5 atom stereocenters. The van der Waals surface area contributed by atoms with Gasteiger partial charge in [0.25, 0.3) is 18.2 Å². The van der Waals surface area contributed by atoms with Crippen molar-refractivity contribution >= 4 is 69.4 Å². The Labute approximate surface area is 692 Å². The number of halogens is 26. The molecule has 15 heterocycles. The number of fused-ring (bicyclic) bond motifs is 5. The highest BCUT2D eigenvalue weighted by Crippen LogP contribution is 2.41. The molecule has 10 aromatic heterocycles. The lowest BCUT2D eigenvalue weighted by molar-refractivity contribution is -0.143. The van der Waals surface area contributed by atoms with E-state index < -0.39 is 182 Å². The Morgan fingerprint density at radius 1 is 0.360 bits per heavy atom. The van der Waals surface area contributed by atoms with Crippen LogP contribution in [0.4, 0.5) is 110 Å². The molecule has 0 radical (unpaired) electrons. The molecule has 5 aliphatic rings. The van der Waals surface area contributed by atoms with Gasteiger partial charge in [-0.05, 0) is 96.6 Å². The predicted molar refractivity (Wildman–Crippen MR) is 385 cm³/mol. The van der Waals surface area contributed by atoms with Crippen LogP contribution in [0.1, 0.15) is 123 Å². The summed E-state index contributed by atoms with van der Waals surface area (Å²) in [6.45, 7) is 4.25. The third kappa shape index (κ3) is 24.6. The molecule has 0 aliphatic carbocycles. The van der Waals surface area contributed by atoms with Gasteiger partial charge >= 0.3 is 30.9 Å². The second-order valence-corrected chi connectivity index (χ2v) is 29.8. The van der Waals surface area contributed by atoms with Gasteiger partial charge in [-0.25, -0.2) is 65.1 Å². The molecule has 25 nitrogen and oxygen atoms in total. The van der Waals surface area contributed by atoms with Gasteiger partial charge in [0.05, 0.1) is 61.2 Å². The topological polar surface area (TPSA) is 252 Å². The zero-order chi connectivity index (χ0) is 91.9. The summed E-state index contributed by atoms with van der Waals surface area (Å²) in [6, 6.07) is 13.8. The maximum Gasteiger partial charge on any atom is 0.435 e. The maximum atomic E-state index is 13.3. The van der Waals surface area contributed by atoms with Crippen molar-refractivity contribution in [1.82, 2.24) is 97.5 Å². The molecule has 51 heteroatoms. The molecular weight excluding hydrogens is 1760 g/mol. The Kier molecular flexibility index (Phi) is 29.9. The standard InChI is InChI=1S/C14H10ClF5N4O.2C14H13F5N4O.2C14H11F5N4O.C4H10/c15-9-1-2-11-21-13(14(18,19)20)8(24(11)22-9)6-23-5-7(3-10(16)17)4-12(23)25;4*15-10(16)4-8-5-12(24)22(6-8)7-9-13(14(17,18)19)21-11-2-1-3-20-23(9)11;1-4(2)3/h1-3,7H,4-6H2;2*1-3,8,10H,4-7H2;2*1-4,8H,5-7H2;4H,1-3H3. The normalized spacial score (nSPS) is 18.3. The van der Waals surface area contributed by atoms with E-state index >= 15 is 0 Å². The molecule has 5 fully saturated rings. The molecule has 676 valence electrons. The van der Waals surface area contributed by atoms with Crippen molar-refractivity contribution in [2.45, 2.75) is 142 Å². The van der Waals surface area contributed by atoms with Gasteiger partial charge < -0.3 is 24.5 Å². The summed E-state index contributed by atoms with van der Waals surface area (Å²) in [7, 11) is 0. The van der Waals surface area contributed by atoms with Crippen molar-refractivity contribution in [3.8, 4) is 0 Å². The van der Waals surface area contributed by atoms with Gasteiger partial charge in [0.1, 0.15) is 5.15 Å². The van der Waals surface area contributed by atoms with Crippen LogP contribution in [0.3, 0.4) is 0 Å². The molecular formula is C74H68ClF25N20O5. The van der Waals surface area contributed by atoms with Crippen LogP contribution in [0.2, 0.25) is 5.15 Å². The van der Waals surface area contributed by atoms with E-state index in [-0.39, 0.29) is 140 Å². The molecule has 5 aliphatic heterocycles. The van der Waals surface area contributed by atoms with E-state index in [1.54, 1.807) is 0 Å². The number of alkyl halides is 19. The quantitative estimate of drug-likeness (QED) is 0.0768. The zero-order valence-electron chi connectivity index (χ0n) is 64.8. The van der Waals surface area contributed by atoms with Crippen LogP contribution in [-0.4, -0.2) is 173 Å². The first kappa shape index (κ1) is 95.4. The first-order chi connectivity index (χ1) is 58.4. The van der Waals surface area contributed by atoms with Crippen molar-refractivity contribution in [2.24, 2.45) is 35.5 Å². The van der Waals surface area contributed by atoms with Crippen molar-refractivity contribution in [3.63, 3.8) is 0 Å². The Morgan fingerprint density at radius 2 is 0.584 bits per heavy atom. The van der Waals surface area contributed by atoms with E-state index in [2.05, 4.69) is 71.2 Å². The average Bonchev–Trinajstić information content (AvgIpc) is 1.64. The number of imidazole rings is 5. The van der Waals surface area contributed by atoms with E-state index in [4.69, 9.17) is 11.6 Å². The number of hydrogen-bond acceptors (Lipinski definition) is 15. The first-order valence-electron chi connectivity index (χ1n) is 37.1. The lowest BCUT2D eigenvalue weighted by Crippen LogP contribution is -2.27. The number of carbonyl (C=O) groups is 5. The van der Waals surface area contributed by atoms with E-state index in [0.717, 1.165) is 53.0 Å². The summed E-state index contributed by atoms with van der Waals surface area (Å²) in [6.07, 6.45) is -28.9. The van der Waals surface area contributed by atoms with Crippen LogP contribution in [0.15, 0.2) is 122 Å². The molecule has 0 aromatic carbocycles. The Bertz CT molecular complexity index is 5340. The van der Waals surface area contributed by atoms with Crippen LogP contribution in [-0.2, 0) is 87.6 Å². The lowest BCUT2D eigenvalue weighted by atomic mass is 10.1. The van der Waals surface area contributed by atoms with E-state index in [1.165, 1.54) is 85.5 Å². The van der Waals surface area contributed by atoms with Crippen LogP contribution < -0.4 is 0 Å². The number of likely N-dealkylation sites (tertiary alicyclic amines) is 5. The highest BCUT2D eigenvalue weighted by molar-refractivity contribution is 6.29. The van der Waals surface area contributed by atoms with Gasteiger partial charge in [-0.2, -0.15) is 118 Å². The van der Waals surface area contributed by atoms with Crippen LogP contribution in [0, 0.1) is 35.5 Å². The lowest BCUT2D eigenvalue weighted by Gasteiger charge is -2.17. The Balaban J connectivity index is 0.000000161. The van der Waals surface area contributed by atoms with E-state index in [1.807, 2.05) is 0 Å². The van der Waals surface area contributed by atoms with Gasteiger partial charge in [0, 0.05) is 120 Å². The molecule has 0 saturated carbocycles. The fourth-order valence-corrected chi connectivity index (χ4v) is 14.2. The minimum atomic E-state index is -4.76. The number of nitrogens with zero attached hydrogens (tertiary/aromatic N) is 20. The molecule has 0 bridgehead atoms. The second kappa shape index (κ2) is 39.2. The summed E-state index contributed by atoms with van der Waals surface area (Å²) in [5.41, 5.74) is -7.27.